The molecule has 6 nitrogen and oxygen atoms in total. The van der Waals surface area contributed by atoms with Crippen LogP contribution in [0.5, 0.6) is 0 Å². The van der Waals surface area contributed by atoms with Crippen molar-refractivity contribution < 1.29 is 8.42 Å². The van der Waals surface area contributed by atoms with Crippen molar-refractivity contribution in [2.24, 2.45) is 0 Å². The van der Waals surface area contributed by atoms with Gasteiger partial charge in [0, 0.05) is 12.1 Å². The van der Waals surface area contributed by atoms with Gasteiger partial charge in [0.15, 0.2) is 5.03 Å². The van der Waals surface area contributed by atoms with E-state index in [0.717, 1.165) is 25.7 Å². The van der Waals surface area contributed by atoms with Crippen molar-refractivity contribution in [2.45, 2.75) is 36.2 Å². The molecule has 18 heavy (non-hydrogen) atoms. The second-order valence-electron chi connectivity index (χ2n) is 5.07. The van der Waals surface area contributed by atoms with Crippen LogP contribution in [-0.2, 0) is 10.0 Å². The Kier molecular flexibility index (Phi) is 3.74. The van der Waals surface area contributed by atoms with Crippen molar-refractivity contribution in [1.29, 1.82) is 0 Å². The lowest BCUT2D eigenvalue weighted by Crippen LogP contribution is -2.50. The van der Waals surface area contributed by atoms with Crippen LogP contribution >= 0.6 is 0 Å². The van der Waals surface area contributed by atoms with E-state index in [9.17, 15) is 8.42 Å². The molecule has 1 aliphatic rings. The molecule has 2 rings (SSSR count). The van der Waals surface area contributed by atoms with Gasteiger partial charge in [0.25, 0.3) is 10.0 Å². The number of aromatic amines is 1. The monoisotopic (exact) mass is 272 g/mol. The highest BCUT2D eigenvalue weighted by Crippen LogP contribution is 2.33. The van der Waals surface area contributed by atoms with E-state index in [2.05, 4.69) is 19.8 Å². The third-order valence-corrected chi connectivity index (χ3v) is 5.17. The first-order valence-electron chi connectivity index (χ1n) is 6.13. The Bertz CT molecular complexity index is 475. The fraction of sp³-hybridized carbons (Fsp3) is 0.727. The largest absolute Gasteiger partial charge is 0.302 e. The van der Waals surface area contributed by atoms with Crippen molar-refractivity contribution in [3.8, 4) is 0 Å². The second kappa shape index (κ2) is 4.99. The summed E-state index contributed by atoms with van der Waals surface area (Å²) in [4.78, 5) is 2.13. The van der Waals surface area contributed by atoms with Gasteiger partial charge in [-0.25, -0.2) is 13.1 Å². The molecule has 7 heteroatoms. The molecule has 0 aromatic carbocycles. The summed E-state index contributed by atoms with van der Waals surface area (Å²) in [5.41, 5.74) is -0.0485. The van der Waals surface area contributed by atoms with Gasteiger partial charge >= 0.3 is 0 Å². The number of likely N-dealkylation sites (N-methyl/N-ethyl adjacent to an activating group) is 1. The third-order valence-electron chi connectivity index (χ3n) is 3.84. The van der Waals surface area contributed by atoms with Crippen molar-refractivity contribution in [3.05, 3.63) is 12.3 Å². The summed E-state index contributed by atoms with van der Waals surface area (Å²) < 4.78 is 26.7. The summed E-state index contributed by atoms with van der Waals surface area (Å²) in [5, 5.41) is 6.27. The fourth-order valence-corrected chi connectivity index (χ4v) is 3.54. The lowest BCUT2D eigenvalue weighted by Gasteiger charge is -2.36. The van der Waals surface area contributed by atoms with E-state index in [1.165, 1.54) is 12.3 Å². The number of nitrogens with one attached hydrogen (secondary N) is 2. The molecular weight excluding hydrogens is 252 g/mol. The molecule has 1 aromatic rings. The van der Waals surface area contributed by atoms with Crippen LogP contribution in [0.4, 0.5) is 0 Å². The van der Waals surface area contributed by atoms with E-state index in [4.69, 9.17) is 0 Å². The fourth-order valence-electron chi connectivity index (χ4n) is 2.52. The number of sulfonamides is 1. The molecule has 0 bridgehead atoms. The van der Waals surface area contributed by atoms with E-state index in [0.29, 0.717) is 6.54 Å². The summed E-state index contributed by atoms with van der Waals surface area (Å²) in [5.74, 6) is 0. The van der Waals surface area contributed by atoms with Crippen molar-refractivity contribution in [3.63, 3.8) is 0 Å². The quantitative estimate of drug-likeness (QED) is 0.821. The molecule has 1 fully saturated rings. The number of aromatic nitrogens is 2. The average Bonchev–Trinajstić information content (AvgIpc) is 2.99. The van der Waals surface area contributed by atoms with Crippen molar-refractivity contribution in [2.75, 3.05) is 20.6 Å². The molecule has 1 heterocycles. The molecule has 0 aliphatic heterocycles. The minimum absolute atomic E-state index is 0.0485. The molecule has 2 N–H and O–H groups in total. The molecule has 1 aliphatic carbocycles. The van der Waals surface area contributed by atoms with Gasteiger partial charge in [-0.3, -0.25) is 5.10 Å². The van der Waals surface area contributed by atoms with Crippen LogP contribution in [-0.4, -0.2) is 49.7 Å². The maximum absolute atomic E-state index is 12.0. The Balaban J connectivity index is 2.07. The number of rotatable bonds is 5. The van der Waals surface area contributed by atoms with Gasteiger partial charge in [0.05, 0.1) is 6.20 Å². The molecule has 0 spiro atoms. The molecular formula is C11H20N4O2S. The van der Waals surface area contributed by atoms with Gasteiger partial charge < -0.3 is 4.90 Å². The maximum atomic E-state index is 12.0. The van der Waals surface area contributed by atoms with Crippen LogP contribution in [0.25, 0.3) is 0 Å². The van der Waals surface area contributed by atoms with Crippen LogP contribution in [0.3, 0.4) is 0 Å². The first kappa shape index (κ1) is 13.5. The normalized spacial score (nSPS) is 19.5. The Hall–Kier alpha value is -0.920. The van der Waals surface area contributed by atoms with Crippen molar-refractivity contribution >= 4 is 10.0 Å². The molecule has 1 aromatic heterocycles. The van der Waals surface area contributed by atoms with E-state index in [1.807, 2.05) is 14.1 Å². The zero-order valence-corrected chi connectivity index (χ0v) is 11.6. The highest BCUT2D eigenvalue weighted by Gasteiger charge is 2.37. The van der Waals surface area contributed by atoms with Gasteiger partial charge in [-0.2, -0.15) is 5.10 Å². The van der Waals surface area contributed by atoms with Crippen LogP contribution in [0.2, 0.25) is 0 Å². The van der Waals surface area contributed by atoms with Crippen molar-refractivity contribution in [1.82, 2.24) is 19.8 Å². The van der Waals surface area contributed by atoms with E-state index < -0.39 is 10.0 Å². The first-order chi connectivity index (χ1) is 8.46. The lowest BCUT2D eigenvalue weighted by molar-refractivity contribution is 0.162. The Morgan fingerprint density at radius 1 is 1.44 bits per heavy atom. The molecule has 0 saturated heterocycles. The zero-order valence-electron chi connectivity index (χ0n) is 10.8. The van der Waals surface area contributed by atoms with Gasteiger partial charge in [-0.15, -0.1) is 0 Å². The maximum Gasteiger partial charge on any atom is 0.257 e. The van der Waals surface area contributed by atoms with Gasteiger partial charge in [0.1, 0.15) is 0 Å². The Morgan fingerprint density at radius 2 is 2.11 bits per heavy atom. The standard InChI is InChI=1S/C11H20N4O2S/c1-15(2)11(6-3-4-7-11)9-13-18(16,17)10-5-8-12-14-10/h5,8,13H,3-4,6-7,9H2,1-2H3,(H,12,14). The third kappa shape index (κ3) is 2.57. The van der Waals surface area contributed by atoms with Crippen LogP contribution in [0.15, 0.2) is 17.3 Å². The molecule has 0 atom stereocenters. The molecule has 0 radical (unpaired) electrons. The predicted molar refractivity (Wildman–Crippen MR) is 68.7 cm³/mol. The van der Waals surface area contributed by atoms with E-state index in [1.54, 1.807) is 0 Å². The zero-order chi connectivity index (χ0) is 13.2. The van der Waals surface area contributed by atoms with Crippen LogP contribution < -0.4 is 4.72 Å². The van der Waals surface area contributed by atoms with Gasteiger partial charge in [-0.05, 0) is 33.0 Å². The minimum Gasteiger partial charge on any atom is -0.302 e. The summed E-state index contributed by atoms with van der Waals surface area (Å²) in [6.45, 7) is 0.446. The Morgan fingerprint density at radius 3 is 2.61 bits per heavy atom. The highest BCUT2D eigenvalue weighted by molar-refractivity contribution is 7.89. The van der Waals surface area contributed by atoms with Gasteiger partial charge in [-0.1, -0.05) is 12.8 Å². The van der Waals surface area contributed by atoms with E-state index >= 15 is 0 Å². The van der Waals surface area contributed by atoms with Crippen LogP contribution in [0, 0.1) is 0 Å². The number of hydrogen-bond acceptors (Lipinski definition) is 4. The van der Waals surface area contributed by atoms with E-state index in [-0.39, 0.29) is 10.6 Å². The second-order valence-corrected chi connectivity index (χ2v) is 6.81. The van der Waals surface area contributed by atoms with Crippen LogP contribution in [0.1, 0.15) is 25.7 Å². The first-order valence-corrected chi connectivity index (χ1v) is 7.61. The number of nitrogens with zero attached hydrogens (tertiary/aromatic N) is 2. The molecule has 0 unspecified atom stereocenters. The molecule has 1 saturated carbocycles. The smallest absolute Gasteiger partial charge is 0.257 e. The summed E-state index contributed by atoms with van der Waals surface area (Å²) >= 11 is 0. The summed E-state index contributed by atoms with van der Waals surface area (Å²) in [6.07, 6.45) is 5.82. The molecule has 0 amide bonds. The van der Waals surface area contributed by atoms with Gasteiger partial charge in [0.2, 0.25) is 0 Å². The minimum atomic E-state index is -3.47. The Labute approximate surface area is 108 Å². The highest BCUT2D eigenvalue weighted by atomic mass is 32.2. The summed E-state index contributed by atoms with van der Waals surface area (Å²) in [6, 6.07) is 1.46. The SMILES string of the molecule is CN(C)C1(CNS(=O)(=O)c2ccn[nH]2)CCCC1. The number of H-pyrrole nitrogens is 1. The lowest BCUT2D eigenvalue weighted by atomic mass is 9.97. The molecule has 102 valence electrons. The average molecular weight is 272 g/mol. The predicted octanol–water partition coefficient (Wildman–Crippen LogP) is 0.562. The number of hydrogen-bond donors (Lipinski definition) is 2. The summed E-state index contributed by atoms with van der Waals surface area (Å²) in [7, 11) is 0.549. The topological polar surface area (TPSA) is 78.1 Å².